The number of unbranched alkanes of at least 4 members (excludes halogenated alkanes) is 1. The number of guanidine groups is 1. The van der Waals surface area contributed by atoms with Gasteiger partial charge in [-0.3, -0.25) is 29.0 Å². The van der Waals surface area contributed by atoms with Crippen molar-refractivity contribution in [1.29, 1.82) is 0 Å². The number of hydrogen-bond donors (Lipinski definition) is 10. The summed E-state index contributed by atoms with van der Waals surface area (Å²) in [5, 5.41) is 16.0. The van der Waals surface area contributed by atoms with Crippen LogP contribution in [0.5, 0.6) is 0 Å². The number of amides is 5. The van der Waals surface area contributed by atoms with Gasteiger partial charge in [-0.2, -0.15) is 0 Å². The Balaban J connectivity index is 5.60. The topological polar surface area (TPSA) is 327 Å². The largest absolute Gasteiger partial charge is 0.480 e. The lowest BCUT2D eigenvalue weighted by Crippen LogP contribution is -2.58. The maximum Gasteiger partial charge on any atom is 0.326 e. The summed E-state index contributed by atoms with van der Waals surface area (Å²) >= 11 is 0. The third-order valence-corrected chi connectivity index (χ3v) is 4.94. The number of nitrogens with two attached hydrogens (primary N) is 6. The van der Waals surface area contributed by atoms with E-state index < -0.39 is 72.5 Å². The van der Waals surface area contributed by atoms with E-state index in [4.69, 9.17) is 34.4 Å². The predicted molar refractivity (Wildman–Crippen MR) is 132 cm³/mol. The molecule has 0 bridgehead atoms. The quantitative estimate of drug-likeness (QED) is 0.0427. The normalized spacial score (nSPS) is 13.8. The fourth-order valence-corrected chi connectivity index (χ4v) is 3.05. The van der Waals surface area contributed by atoms with Crippen molar-refractivity contribution < 1.29 is 33.9 Å². The first-order valence-corrected chi connectivity index (χ1v) is 11.5. The van der Waals surface area contributed by atoms with Gasteiger partial charge in [0, 0.05) is 6.54 Å². The Morgan fingerprint density at radius 1 is 0.703 bits per heavy atom. The molecule has 5 amide bonds. The van der Waals surface area contributed by atoms with Gasteiger partial charge in [-0.05, 0) is 32.2 Å². The molecule has 0 aliphatic heterocycles. The molecule has 0 radical (unpaired) electrons. The van der Waals surface area contributed by atoms with Crippen LogP contribution in [0, 0.1) is 0 Å². The van der Waals surface area contributed by atoms with E-state index in [0.29, 0.717) is 25.8 Å². The van der Waals surface area contributed by atoms with Crippen molar-refractivity contribution in [2.24, 2.45) is 39.4 Å². The summed E-state index contributed by atoms with van der Waals surface area (Å²) < 4.78 is 0. The molecule has 17 nitrogen and oxygen atoms in total. The first-order chi connectivity index (χ1) is 17.3. The standard InChI is InChI=1S/C20H38N10O7/c21-6-2-1-4-10(22)16(33)28-11(5-3-7-27-20(25)26)17(34)29-12(8-14(23)31)18(35)30-13(19(36)37)9-15(24)32/h10-13H,1-9,21-22H2,(H2,23,31)(H2,24,32)(H,28,33)(H,29,34)(H,30,35)(H,36,37)(H4,25,26,27). The third-order valence-electron chi connectivity index (χ3n) is 4.94. The van der Waals surface area contributed by atoms with Gasteiger partial charge in [-0.1, -0.05) is 6.42 Å². The second-order valence-corrected chi connectivity index (χ2v) is 8.20. The third kappa shape index (κ3) is 14.9. The Morgan fingerprint density at radius 2 is 1.22 bits per heavy atom. The number of carbonyl (C=O) groups is 6. The predicted octanol–water partition coefficient (Wildman–Crippen LogP) is -5.21. The molecule has 4 unspecified atom stereocenters. The number of carbonyl (C=O) groups excluding carboxylic acids is 5. The summed E-state index contributed by atoms with van der Waals surface area (Å²) in [6.45, 7) is 0.554. The van der Waals surface area contributed by atoms with Gasteiger partial charge in [-0.15, -0.1) is 0 Å². The van der Waals surface area contributed by atoms with Crippen LogP contribution < -0.4 is 50.4 Å². The summed E-state index contributed by atoms with van der Waals surface area (Å²) in [6.07, 6.45) is 0.384. The van der Waals surface area contributed by atoms with Gasteiger partial charge >= 0.3 is 5.97 Å². The number of nitrogens with one attached hydrogen (secondary N) is 3. The number of rotatable bonds is 19. The fraction of sp³-hybridized carbons (Fsp3) is 0.650. The zero-order chi connectivity index (χ0) is 28.5. The summed E-state index contributed by atoms with van der Waals surface area (Å²) in [5.41, 5.74) is 32.0. The number of primary amides is 2. The van der Waals surface area contributed by atoms with Crippen LogP contribution in [0.4, 0.5) is 0 Å². The molecule has 0 rings (SSSR count). The van der Waals surface area contributed by atoms with E-state index in [0.717, 1.165) is 0 Å². The van der Waals surface area contributed by atoms with Crippen molar-refractivity contribution >= 4 is 41.5 Å². The maximum absolute atomic E-state index is 13.0. The molecule has 0 spiro atoms. The minimum absolute atomic E-state index is 0.0220. The molecule has 0 aromatic carbocycles. The maximum atomic E-state index is 13.0. The molecule has 37 heavy (non-hydrogen) atoms. The molecule has 0 saturated carbocycles. The lowest BCUT2D eigenvalue weighted by molar-refractivity contribution is -0.144. The van der Waals surface area contributed by atoms with Crippen molar-refractivity contribution in [3.8, 4) is 0 Å². The Kier molecular flexibility index (Phi) is 15.6. The highest BCUT2D eigenvalue weighted by Gasteiger charge is 2.31. The van der Waals surface area contributed by atoms with Crippen LogP contribution >= 0.6 is 0 Å². The number of hydrogen-bond acceptors (Lipinski definition) is 9. The molecule has 0 aliphatic rings. The smallest absolute Gasteiger partial charge is 0.326 e. The number of carboxylic acids is 1. The Labute approximate surface area is 213 Å². The minimum Gasteiger partial charge on any atom is -0.480 e. The van der Waals surface area contributed by atoms with Gasteiger partial charge in [0.05, 0.1) is 18.9 Å². The van der Waals surface area contributed by atoms with E-state index in [2.05, 4.69) is 15.6 Å². The molecule has 0 fully saturated rings. The molecule has 17 heteroatoms. The second-order valence-electron chi connectivity index (χ2n) is 8.20. The van der Waals surface area contributed by atoms with E-state index in [1.165, 1.54) is 0 Å². The highest BCUT2D eigenvalue weighted by atomic mass is 16.4. The van der Waals surface area contributed by atoms with Gasteiger partial charge in [0.1, 0.15) is 18.1 Å². The minimum atomic E-state index is -1.71. The molecule has 0 aromatic rings. The highest BCUT2D eigenvalue weighted by molar-refractivity contribution is 5.96. The Morgan fingerprint density at radius 3 is 1.73 bits per heavy atom. The first kappa shape index (κ1) is 33.0. The molecule has 210 valence electrons. The van der Waals surface area contributed by atoms with Gasteiger partial charge in [0.2, 0.25) is 29.5 Å². The molecule has 0 aliphatic carbocycles. The van der Waals surface area contributed by atoms with Gasteiger partial charge in [0.15, 0.2) is 5.96 Å². The van der Waals surface area contributed by atoms with Crippen molar-refractivity contribution in [2.45, 2.75) is 69.1 Å². The van der Waals surface area contributed by atoms with Crippen LogP contribution in [0.1, 0.15) is 44.9 Å². The Bertz CT molecular complexity index is 847. The van der Waals surface area contributed by atoms with Crippen molar-refractivity contribution in [2.75, 3.05) is 13.1 Å². The summed E-state index contributed by atoms with van der Waals surface area (Å²) in [4.78, 5) is 75.9. The SMILES string of the molecule is NCCCCC(N)C(=O)NC(CCCN=C(N)N)C(=O)NC(CC(N)=O)C(=O)NC(CC(N)=O)C(=O)O. The van der Waals surface area contributed by atoms with Crippen LogP contribution in [-0.2, 0) is 28.8 Å². The zero-order valence-electron chi connectivity index (χ0n) is 20.5. The molecule has 0 saturated heterocycles. The van der Waals surface area contributed by atoms with Crippen molar-refractivity contribution in [3.05, 3.63) is 0 Å². The number of aliphatic carboxylic acids is 1. The molecule has 16 N–H and O–H groups in total. The molecule has 0 heterocycles. The van der Waals surface area contributed by atoms with Crippen LogP contribution in [-0.4, -0.2) is 83.8 Å². The van der Waals surface area contributed by atoms with Crippen LogP contribution in [0.15, 0.2) is 4.99 Å². The number of aliphatic imine (C=N–C) groups is 1. The number of nitrogens with zero attached hydrogens (tertiary/aromatic N) is 1. The van der Waals surface area contributed by atoms with Gasteiger partial charge in [-0.25, -0.2) is 4.79 Å². The van der Waals surface area contributed by atoms with E-state index in [1.54, 1.807) is 0 Å². The van der Waals surface area contributed by atoms with Crippen molar-refractivity contribution in [3.63, 3.8) is 0 Å². The van der Waals surface area contributed by atoms with Gasteiger partial charge < -0.3 is 55.5 Å². The van der Waals surface area contributed by atoms with E-state index in [1.807, 2.05) is 5.32 Å². The summed E-state index contributed by atoms with van der Waals surface area (Å²) in [5.74, 6) is -6.35. The molecular weight excluding hydrogens is 492 g/mol. The van der Waals surface area contributed by atoms with E-state index in [9.17, 15) is 33.9 Å². The van der Waals surface area contributed by atoms with E-state index in [-0.39, 0.29) is 25.3 Å². The van der Waals surface area contributed by atoms with Crippen LogP contribution in [0.2, 0.25) is 0 Å². The average molecular weight is 531 g/mol. The second kappa shape index (κ2) is 17.4. The van der Waals surface area contributed by atoms with Crippen LogP contribution in [0.3, 0.4) is 0 Å². The number of carboxylic acid groups (broad SMARTS) is 1. The van der Waals surface area contributed by atoms with Crippen molar-refractivity contribution in [1.82, 2.24) is 16.0 Å². The lowest BCUT2D eigenvalue weighted by Gasteiger charge is -2.24. The summed E-state index contributed by atoms with van der Waals surface area (Å²) in [7, 11) is 0. The highest BCUT2D eigenvalue weighted by Crippen LogP contribution is 2.05. The van der Waals surface area contributed by atoms with Gasteiger partial charge in [0.25, 0.3) is 0 Å². The molecule has 4 atom stereocenters. The monoisotopic (exact) mass is 530 g/mol. The van der Waals surface area contributed by atoms with Crippen LogP contribution in [0.25, 0.3) is 0 Å². The molecular formula is C20H38N10O7. The molecule has 0 aromatic heterocycles. The zero-order valence-corrected chi connectivity index (χ0v) is 20.5. The fourth-order valence-electron chi connectivity index (χ4n) is 3.05. The Hall–Kier alpha value is -3.99. The van der Waals surface area contributed by atoms with E-state index >= 15 is 0 Å². The summed E-state index contributed by atoms with van der Waals surface area (Å²) in [6, 6.07) is -5.48. The lowest BCUT2D eigenvalue weighted by atomic mass is 10.1. The first-order valence-electron chi connectivity index (χ1n) is 11.5. The average Bonchev–Trinajstić information content (AvgIpc) is 2.79.